The van der Waals surface area contributed by atoms with Crippen LogP contribution in [-0.2, 0) is 11.3 Å². The fraction of sp³-hybridized carbons (Fsp3) is 0.680. The van der Waals surface area contributed by atoms with Crippen molar-refractivity contribution in [1.82, 2.24) is 0 Å². The minimum atomic E-state index is 0.749. The molecule has 2 heteroatoms. The molecule has 1 rings (SSSR count). The molecule has 1 nitrogen and oxygen atoms in total. The fourth-order valence-corrected chi connectivity index (χ4v) is 3.48. The minimum absolute atomic E-state index is 0.749. The van der Waals surface area contributed by atoms with Crippen LogP contribution in [0.5, 0.6) is 0 Å². The lowest BCUT2D eigenvalue weighted by atomic mass is 10.1. The van der Waals surface area contributed by atoms with E-state index in [1.165, 1.54) is 82.6 Å². The third kappa shape index (κ3) is 17.1. The lowest BCUT2D eigenvalue weighted by Gasteiger charge is -2.04. The maximum Gasteiger partial charge on any atom is 0.0716 e. The van der Waals surface area contributed by atoms with Gasteiger partial charge in [-0.1, -0.05) is 97.6 Å². The van der Waals surface area contributed by atoms with Crippen molar-refractivity contribution in [2.75, 3.05) is 11.9 Å². The standard InChI is InChI=1S/C25H39BrO/c26-22-18-13-11-9-7-5-3-1-2-4-6-8-10-12-14-19-23-27-24-25-20-16-15-17-21-25/h15-17,20-21H,2,4-14,18-19,22-24H2. The van der Waals surface area contributed by atoms with Crippen molar-refractivity contribution in [3.63, 3.8) is 0 Å². The van der Waals surface area contributed by atoms with Crippen molar-refractivity contribution >= 4 is 15.9 Å². The third-order valence-electron chi connectivity index (χ3n) is 4.76. The zero-order valence-electron chi connectivity index (χ0n) is 17.2. The maximum absolute atomic E-state index is 5.73. The predicted octanol–water partition coefficient (Wildman–Crippen LogP) is 8.06. The molecule has 152 valence electrons. The van der Waals surface area contributed by atoms with Crippen molar-refractivity contribution in [2.45, 2.75) is 96.5 Å². The number of hydrogen-bond acceptors (Lipinski definition) is 1. The molecule has 0 fully saturated rings. The summed E-state index contributed by atoms with van der Waals surface area (Å²) in [6, 6.07) is 10.4. The van der Waals surface area contributed by atoms with Gasteiger partial charge in [0, 0.05) is 24.8 Å². The Kier molecular flexibility index (Phi) is 17.9. The Balaban J connectivity index is 1.74. The zero-order chi connectivity index (χ0) is 19.3. The first kappa shape index (κ1) is 24.3. The number of halogens is 1. The first-order valence-electron chi connectivity index (χ1n) is 11.1. The molecule has 0 amide bonds. The monoisotopic (exact) mass is 434 g/mol. The molecule has 0 bridgehead atoms. The first-order chi connectivity index (χ1) is 13.4. The summed E-state index contributed by atoms with van der Waals surface area (Å²) in [6.07, 6.45) is 18.0. The van der Waals surface area contributed by atoms with Gasteiger partial charge < -0.3 is 4.74 Å². The summed E-state index contributed by atoms with van der Waals surface area (Å²) in [7, 11) is 0. The molecule has 0 aliphatic heterocycles. The number of rotatable bonds is 17. The molecular formula is C25H39BrO. The van der Waals surface area contributed by atoms with Gasteiger partial charge in [0.1, 0.15) is 0 Å². The summed E-state index contributed by atoms with van der Waals surface area (Å²) in [5, 5.41) is 1.15. The van der Waals surface area contributed by atoms with Crippen LogP contribution < -0.4 is 0 Å². The van der Waals surface area contributed by atoms with Crippen LogP contribution >= 0.6 is 15.9 Å². The predicted molar refractivity (Wildman–Crippen MR) is 122 cm³/mol. The van der Waals surface area contributed by atoms with Gasteiger partial charge in [0.05, 0.1) is 6.61 Å². The van der Waals surface area contributed by atoms with Crippen LogP contribution in [-0.4, -0.2) is 11.9 Å². The lowest BCUT2D eigenvalue weighted by Crippen LogP contribution is -1.95. The van der Waals surface area contributed by atoms with Crippen LogP contribution in [0, 0.1) is 11.8 Å². The van der Waals surface area contributed by atoms with E-state index in [-0.39, 0.29) is 0 Å². The molecule has 0 spiro atoms. The van der Waals surface area contributed by atoms with Crippen molar-refractivity contribution in [3.8, 4) is 11.8 Å². The second kappa shape index (κ2) is 20.0. The molecule has 0 saturated heterocycles. The summed E-state index contributed by atoms with van der Waals surface area (Å²) in [4.78, 5) is 0. The highest BCUT2D eigenvalue weighted by atomic mass is 79.9. The van der Waals surface area contributed by atoms with E-state index in [1.54, 1.807) is 0 Å². The second-order valence-electron chi connectivity index (χ2n) is 7.32. The van der Waals surface area contributed by atoms with Crippen LogP contribution in [0.2, 0.25) is 0 Å². The highest BCUT2D eigenvalue weighted by Gasteiger charge is 1.94. The normalized spacial score (nSPS) is 10.6. The number of alkyl halides is 1. The summed E-state index contributed by atoms with van der Waals surface area (Å²) in [5.41, 5.74) is 1.27. The van der Waals surface area contributed by atoms with Crippen molar-refractivity contribution in [3.05, 3.63) is 35.9 Å². The molecular weight excluding hydrogens is 396 g/mol. The quantitative estimate of drug-likeness (QED) is 0.137. The summed E-state index contributed by atoms with van der Waals surface area (Å²) >= 11 is 3.48. The number of benzene rings is 1. The SMILES string of the molecule is BrCCCCCCCC#CCCCCCCCCCOCc1ccccc1. The van der Waals surface area contributed by atoms with E-state index in [2.05, 4.69) is 52.0 Å². The van der Waals surface area contributed by atoms with Gasteiger partial charge in [-0.3, -0.25) is 0 Å². The molecule has 0 atom stereocenters. The van der Waals surface area contributed by atoms with Gasteiger partial charge in [-0.05, 0) is 31.2 Å². The van der Waals surface area contributed by atoms with Crippen molar-refractivity contribution in [1.29, 1.82) is 0 Å². The summed E-state index contributed by atoms with van der Waals surface area (Å²) < 4.78 is 5.73. The molecule has 0 N–H and O–H groups in total. The second-order valence-corrected chi connectivity index (χ2v) is 8.12. The fourth-order valence-electron chi connectivity index (χ4n) is 3.08. The summed E-state index contributed by atoms with van der Waals surface area (Å²) in [6.45, 7) is 1.64. The number of unbranched alkanes of at least 4 members (excludes halogenated alkanes) is 12. The molecule has 0 aliphatic carbocycles. The van der Waals surface area contributed by atoms with E-state index in [4.69, 9.17) is 4.74 Å². The topological polar surface area (TPSA) is 9.23 Å². The smallest absolute Gasteiger partial charge is 0.0716 e. The number of hydrogen-bond donors (Lipinski definition) is 0. The molecule has 0 heterocycles. The average molecular weight is 435 g/mol. The Bertz CT molecular complexity index is 474. The Morgan fingerprint density at radius 2 is 1.15 bits per heavy atom. The van der Waals surface area contributed by atoms with Crippen LogP contribution in [0.4, 0.5) is 0 Å². The minimum Gasteiger partial charge on any atom is -0.377 e. The first-order valence-corrected chi connectivity index (χ1v) is 12.2. The molecule has 0 aliphatic rings. The largest absolute Gasteiger partial charge is 0.377 e. The molecule has 0 aromatic heterocycles. The third-order valence-corrected chi connectivity index (χ3v) is 5.32. The van der Waals surface area contributed by atoms with Gasteiger partial charge in [0.2, 0.25) is 0 Å². The van der Waals surface area contributed by atoms with Gasteiger partial charge in [0.15, 0.2) is 0 Å². The van der Waals surface area contributed by atoms with Gasteiger partial charge in [0.25, 0.3) is 0 Å². The van der Waals surface area contributed by atoms with E-state index in [9.17, 15) is 0 Å². The van der Waals surface area contributed by atoms with Gasteiger partial charge in [-0.15, -0.1) is 11.8 Å². The Morgan fingerprint density at radius 1 is 0.630 bits per heavy atom. The van der Waals surface area contributed by atoms with E-state index in [0.717, 1.165) is 31.4 Å². The van der Waals surface area contributed by atoms with Gasteiger partial charge >= 0.3 is 0 Å². The maximum atomic E-state index is 5.73. The molecule has 0 radical (unpaired) electrons. The lowest BCUT2D eigenvalue weighted by molar-refractivity contribution is 0.116. The highest BCUT2D eigenvalue weighted by Crippen LogP contribution is 2.09. The molecule has 1 aromatic rings. The summed E-state index contributed by atoms with van der Waals surface area (Å²) in [5.74, 6) is 6.70. The average Bonchev–Trinajstić information content (AvgIpc) is 2.70. The Labute approximate surface area is 176 Å². The molecule has 1 aromatic carbocycles. The highest BCUT2D eigenvalue weighted by molar-refractivity contribution is 9.09. The van der Waals surface area contributed by atoms with E-state index in [1.807, 2.05) is 6.07 Å². The molecule has 0 saturated carbocycles. The van der Waals surface area contributed by atoms with Crippen molar-refractivity contribution in [2.24, 2.45) is 0 Å². The van der Waals surface area contributed by atoms with E-state index < -0.39 is 0 Å². The zero-order valence-corrected chi connectivity index (χ0v) is 18.8. The van der Waals surface area contributed by atoms with Crippen LogP contribution in [0.1, 0.15) is 95.5 Å². The van der Waals surface area contributed by atoms with Crippen molar-refractivity contribution < 1.29 is 4.74 Å². The van der Waals surface area contributed by atoms with Crippen LogP contribution in [0.25, 0.3) is 0 Å². The van der Waals surface area contributed by atoms with Gasteiger partial charge in [-0.25, -0.2) is 0 Å². The van der Waals surface area contributed by atoms with Gasteiger partial charge in [-0.2, -0.15) is 0 Å². The van der Waals surface area contributed by atoms with E-state index in [0.29, 0.717) is 0 Å². The Hall–Kier alpha value is -0.780. The molecule has 27 heavy (non-hydrogen) atoms. The van der Waals surface area contributed by atoms with E-state index >= 15 is 0 Å². The van der Waals surface area contributed by atoms with Crippen LogP contribution in [0.15, 0.2) is 30.3 Å². The Morgan fingerprint density at radius 3 is 1.74 bits per heavy atom. The van der Waals surface area contributed by atoms with Crippen LogP contribution in [0.3, 0.4) is 0 Å². The molecule has 0 unspecified atom stereocenters. The number of ether oxygens (including phenoxy) is 1.